The molecule has 5 nitrogen and oxygen atoms in total. The minimum absolute atomic E-state index is 0.0714. The van der Waals surface area contributed by atoms with Gasteiger partial charge in [-0.05, 0) is 18.2 Å². The quantitative estimate of drug-likeness (QED) is 0.684. The molecule has 0 spiro atoms. The highest BCUT2D eigenvalue weighted by Gasteiger charge is 2.19. The van der Waals surface area contributed by atoms with Crippen molar-refractivity contribution in [1.29, 1.82) is 0 Å². The maximum Gasteiger partial charge on any atom is 0.243 e. The summed E-state index contributed by atoms with van der Waals surface area (Å²) in [7, 11) is -2.49. The van der Waals surface area contributed by atoms with Gasteiger partial charge < -0.3 is 10.1 Å². The van der Waals surface area contributed by atoms with Gasteiger partial charge in [-0.3, -0.25) is 0 Å². The van der Waals surface area contributed by atoms with Gasteiger partial charge in [-0.25, -0.2) is 21.9 Å². The highest BCUT2D eigenvalue weighted by atomic mass is 32.2. The van der Waals surface area contributed by atoms with Gasteiger partial charge in [0.2, 0.25) is 10.0 Å². The van der Waals surface area contributed by atoms with Crippen molar-refractivity contribution >= 4 is 10.0 Å². The van der Waals surface area contributed by atoms with E-state index in [1.165, 1.54) is 0 Å². The van der Waals surface area contributed by atoms with Gasteiger partial charge in [0.15, 0.2) is 0 Å². The van der Waals surface area contributed by atoms with E-state index < -0.39 is 26.6 Å². The van der Waals surface area contributed by atoms with Crippen LogP contribution in [0.15, 0.2) is 23.1 Å². The standard InChI is InChI=1S/C11H16F2N2O3S/c1-18-7-6-14-4-5-15-19(16,17)11-8-9(12)2-3-10(11)13/h2-3,8,14-15H,4-7H2,1H3. The van der Waals surface area contributed by atoms with E-state index in [1.807, 2.05) is 0 Å². The zero-order valence-corrected chi connectivity index (χ0v) is 11.3. The maximum atomic E-state index is 13.3. The zero-order chi connectivity index (χ0) is 14.3. The van der Waals surface area contributed by atoms with Crippen molar-refractivity contribution in [3.63, 3.8) is 0 Å². The Hall–Kier alpha value is -1.09. The van der Waals surface area contributed by atoms with E-state index >= 15 is 0 Å². The summed E-state index contributed by atoms with van der Waals surface area (Å²) in [6, 6.07) is 2.29. The molecule has 0 fully saturated rings. The summed E-state index contributed by atoms with van der Waals surface area (Å²) in [5.41, 5.74) is 0. The fourth-order valence-corrected chi connectivity index (χ4v) is 2.45. The molecule has 0 radical (unpaired) electrons. The lowest BCUT2D eigenvalue weighted by molar-refractivity contribution is 0.199. The molecular formula is C11H16F2N2O3S. The summed E-state index contributed by atoms with van der Waals surface area (Å²) < 4.78 is 56.7. The lowest BCUT2D eigenvalue weighted by atomic mass is 10.3. The van der Waals surface area contributed by atoms with E-state index in [0.29, 0.717) is 25.8 Å². The number of halogens is 2. The molecule has 1 aromatic rings. The molecule has 0 atom stereocenters. The minimum Gasteiger partial charge on any atom is -0.383 e. The number of ether oxygens (including phenoxy) is 1. The molecule has 0 saturated heterocycles. The Bertz CT molecular complexity index is 509. The predicted octanol–water partition coefficient (Wildman–Crippen LogP) is 0.479. The molecule has 108 valence electrons. The molecule has 8 heteroatoms. The van der Waals surface area contributed by atoms with Crippen molar-refractivity contribution in [3.8, 4) is 0 Å². The van der Waals surface area contributed by atoms with Crippen molar-refractivity contribution in [3.05, 3.63) is 29.8 Å². The lowest BCUT2D eigenvalue weighted by Gasteiger charge is -2.08. The third-order valence-electron chi connectivity index (χ3n) is 2.26. The molecule has 0 amide bonds. The number of nitrogens with one attached hydrogen (secondary N) is 2. The number of hydrogen-bond acceptors (Lipinski definition) is 4. The Balaban J connectivity index is 2.54. The highest BCUT2D eigenvalue weighted by molar-refractivity contribution is 7.89. The van der Waals surface area contributed by atoms with Crippen LogP contribution in [0, 0.1) is 11.6 Å². The lowest BCUT2D eigenvalue weighted by Crippen LogP contribution is -2.33. The maximum absolute atomic E-state index is 13.3. The second kappa shape index (κ2) is 7.49. The second-order valence-corrected chi connectivity index (χ2v) is 5.45. The van der Waals surface area contributed by atoms with Gasteiger partial charge in [0.25, 0.3) is 0 Å². The average Bonchev–Trinajstić information content (AvgIpc) is 2.36. The third kappa shape index (κ3) is 5.19. The first-order valence-corrected chi connectivity index (χ1v) is 7.10. The third-order valence-corrected chi connectivity index (χ3v) is 3.74. The molecule has 0 unspecified atom stereocenters. The summed E-state index contributed by atoms with van der Waals surface area (Å²) in [4.78, 5) is -0.690. The summed E-state index contributed by atoms with van der Waals surface area (Å²) in [6.45, 7) is 1.51. The van der Waals surface area contributed by atoms with Gasteiger partial charge in [-0.15, -0.1) is 0 Å². The number of hydrogen-bond donors (Lipinski definition) is 2. The number of methoxy groups -OCH3 is 1. The van der Waals surface area contributed by atoms with Crippen LogP contribution in [-0.4, -0.2) is 41.8 Å². The summed E-state index contributed by atoms with van der Waals surface area (Å²) in [5.74, 6) is -1.79. The first kappa shape index (κ1) is 16.0. The van der Waals surface area contributed by atoms with Gasteiger partial charge >= 0.3 is 0 Å². The summed E-state index contributed by atoms with van der Waals surface area (Å²) >= 11 is 0. The van der Waals surface area contributed by atoms with E-state index in [4.69, 9.17) is 4.74 Å². The number of benzene rings is 1. The molecular weight excluding hydrogens is 278 g/mol. The fraction of sp³-hybridized carbons (Fsp3) is 0.455. The van der Waals surface area contributed by atoms with Crippen LogP contribution < -0.4 is 10.0 Å². The molecule has 0 aliphatic carbocycles. The van der Waals surface area contributed by atoms with Crippen LogP contribution in [0.25, 0.3) is 0 Å². The van der Waals surface area contributed by atoms with Gasteiger partial charge in [0, 0.05) is 26.7 Å². The van der Waals surface area contributed by atoms with Gasteiger partial charge in [0.1, 0.15) is 16.5 Å². The summed E-state index contributed by atoms with van der Waals surface area (Å²) in [5, 5.41) is 2.92. The molecule has 0 aliphatic rings. The topological polar surface area (TPSA) is 67.4 Å². The molecule has 1 aromatic carbocycles. The van der Waals surface area contributed by atoms with Gasteiger partial charge in [-0.1, -0.05) is 0 Å². The van der Waals surface area contributed by atoms with E-state index in [2.05, 4.69) is 10.0 Å². The Morgan fingerprint density at radius 1 is 1.21 bits per heavy atom. The van der Waals surface area contributed by atoms with E-state index in [9.17, 15) is 17.2 Å². The van der Waals surface area contributed by atoms with Crippen molar-refractivity contribution in [1.82, 2.24) is 10.0 Å². The molecule has 1 rings (SSSR count). The van der Waals surface area contributed by atoms with Gasteiger partial charge in [0.05, 0.1) is 6.61 Å². The molecule has 19 heavy (non-hydrogen) atoms. The van der Waals surface area contributed by atoms with Crippen molar-refractivity contribution in [2.45, 2.75) is 4.90 Å². The van der Waals surface area contributed by atoms with Crippen molar-refractivity contribution < 1.29 is 21.9 Å². The van der Waals surface area contributed by atoms with Gasteiger partial charge in [-0.2, -0.15) is 0 Å². The molecule has 0 aromatic heterocycles. The van der Waals surface area contributed by atoms with Crippen LogP contribution in [0.5, 0.6) is 0 Å². The Morgan fingerprint density at radius 3 is 2.63 bits per heavy atom. The first-order valence-electron chi connectivity index (χ1n) is 5.62. The van der Waals surface area contributed by atoms with E-state index in [1.54, 1.807) is 7.11 Å². The molecule has 2 N–H and O–H groups in total. The first-order chi connectivity index (χ1) is 8.97. The highest BCUT2D eigenvalue weighted by Crippen LogP contribution is 2.15. The van der Waals surface area contributed by atoms with Crippen LogP contribution in [-0.2, 0) is 14.8 Å². The zero-order valence-electron chi connectivity index (χ0n) is 10.4. The van der Waals surface area contributed by atoms with E-state index in [-0.39, 0.29) is 6.54 Å². The van der Waals surface area contributed by atoms with E-state index in [0.717, 1.165) is 12.1 Å². The normalized spacial score (nSPS) is 11.7. The Labute approximate surface area is 111 Å². The Morgan fingerprint density at radius 2 is 1.95 bits per heavy atom. The second-order valence-electron chi connectivity index (χ2n) is 3.72. The van der Waals surface area contributed by atoms with Crippen LogP contribution in [0.3, 0.4) is 0 Å². The van der Waals surface area contributed by atoms with Crippen LogP contribution in [0.1, 0.15) is 0 Å². The molecule has 0 saturated carbocycles. The smallest absolute Gasteiger partial charge is 0.243 e. The van der Waals surface area contributed by atoms with Crippen molar-refractivity contribution in [2.24, 2.45) is 0 Å². The molecule has 0 bridgehead atoms. The van der Waals surface area contributed by atoms with Crippen LogP contribution in [0.2, 0.25) is 0 Å². The average molecular weight is 294 g/mol. The molecule has 0 heterocycles. The van der Waals surface area contributed by atoms with Crippen LogP contribution >= 0.6 is 0 Å². The fourth-order valence-electron chi connectivity index (χ4n) is 1.33. The number of rotatable bonds is 8. The van der Waals surface area contributed by atoms with Crippen molar-refractivity contribution in [2.75, 3.05) is 33.4 Å². The van der Waals surface area contributed by atoms with Crippen LogP contribution in [0.4, 0.5) is 8.78 Å². The number of sulfonamides is 1. The minimum atomic E-state index is -4.04. The summed E-state index contributed by atoms with van der Waals surface area (Å²) in [6.07, 6.45) is 0. The SMILES string of the molecule is COCCNCCNS(=O)(=O)c1cc(F)ccc1F. The Kier molecular flexibility index (Phi) is 6.29. The predicted molar refractivity (Wildman–Crippen MR) is 66.3 cm³/mol. The largest absolute Gasteiger partial charge is 0.383 e. The molecule has 0 aliphatic heterocycles. The monoisotopic (exact) mass is 294 g/mol.